The highest BCUT2D eigenvalue weighted by atomic mass is 16.5. The van der Waals surface area contributed by atoms with Crippen molar-refractivity contribution >= 4 is 5.69 Å². The second kappa shape index (κ2) is 4.31. The first-order valence-corrected chi connectivity index (χ1v) is 3.92. The maximum Gasteiger partial charge on any atom is 0.213 e. The second-order valence-electron chi connectivity index (χ2n) is 2.58. The van der Waals surface area contributed by atoms with Gasteiger partial charge in [0, 0.05) is 6.07 Å². The summed E-state index contributed by atoms with van der Waals surface area (Å²) >= 11 is 0. The minimum absolute atomic E-state index is 0.213. The molecule has 68 valence electrons. The van der Waals surface area contributed by atoms with Crippen LogP contribution in [0.1, 0.15) is 6.92 Å². The highest BCUT2D eigenvalue weighted by Gasteiger charge is 1.99. The van der Waals surface area contributed by atoms with Crippen LogP contribution in [0.15, 0.2) is 18.3 Å². The first-order valence-electron chi connectivity index (χ1n) is 3.92. The van der Waals surface area contributed by atoms with Crippen molar-refractivity contribution in [3.8, 4) is 11.9 Å². The number of nitrogens with zero attached hydrogens (tertiary/aromatic N) is 2. The Morgan fingerprint density at radius 1 is 1.62 bits per heavy atom. The standard InChI is InChI=1S/C9H11N3O/c1-7(5-10)12-8-3-4-9(13-2)11-6-8/h3-4,6-7,12H,1-2H3. The Labute approximate surface area is 77.2 Å². The van der Waals surface area contributed by atoms with Crippen LogP contribution in [0.25, 0.3) is 0 Å². The molecule has 0 aliphatic heterocycles. The number of pyridine rings is 1. The van der Waals surface area contributed by atoms with E-state index in [0.29, 0.717) is 5.88 Å². The second-order valence-corrected chi connectivity index (χ2v) is 2.58. The summed E-state index contributed by atoms with van der Waals surface area (Å²) < 4.78 is 4.90. The summed E-state index contributed by atoms with van der Waals surface area (Å²) in [4.78, 5) is 3.99. The summed E-state index contributed by atoms with van der Waals surface area (Å²) in [6.45, 7) is 1.78. The van der Waals surface area contributed by atoms with Crippen LogP contribution in [-0.4, -0.2) is 18.1 Å². The smallest absolute Gasteiger partial charge is 0.213 e. The van der Waals surface area contributed by atoms with Crippen molar-refractivity contribution in [1.29, 1.82) is 5.26 Å². The fraction of sp³-hybridized carbons (Fsp3) is 0.333. The molecule has 1 aromatic rings. The Bertz CT molecular complexity index is 302. The molecule has 13 heavy (non-hydrogen) atoms. The summed E-state index contributed by atoms with van der Waals surface area (Å²) in [5.74, 6) is 0.565. The van der Waals surface area contributed by atoms with Gasteiger partial charge in [-0.3, -0.25) is 0 Å². The van der Waals surface area contributed by atoms with Crippen molar-refractivity contribution in [3.63, 3.8) is 0 Å². The quantitative estimate of drug-likeness (QED) is 0.758. The topological polar surface area (TPSA) is 57.9 Å². The molecule has 0 spiro atoms. The number of rotatable bonds is 3. The molecule has 0 aliphatic carbocycles. The van der Waals surface area contributed by atoms with Crippen LogP contribution >= 0.6 is 0 Å². The zero-order valence-corrected chi connectivity index (χ0v) is 7.61. The Balaban J connectivity index is 2.65. The van der Waals surface area contributed by atoms with E-state index in [2.05, 4.69) is 16.4 Å². The van der Waals surface area contributed by atoms with Crippen LogP contribution in [0, 0.1) is 11.3 Å². The minimum atomic E-state index is -0.213. The monoisotopic (exact) mass is 177 g/mol. The first kappa shape index (κ1) is 9.33. The van der Waals surface area contributed by atoms with Gasteiger partial charge in [0.1, 0.15) is 6.04 Å². The van der Waals surface area contributed by atoms with Gasteiger partial charge in [-0.05, 0) is 13.0 Å². The molecule has 0 amide bonds. The van der Waals surface area contributed by atoms with Gasteiger partial charge in [0.05, 0.1) is 25.1 Å². The van der Waals surface area contributed by atoms with E-state index < -0.39 is 0 Å². The zero-order valence-electron chi connectivity index (χ0n) is 7.61. The molecule has 4 nitrogen and oxygen atoms in total. The Morgan fingerprint density at radius 3 is 2.85 bits per heavy atom. The van der Waals surface area contributed by atoms with E-state index in [1.807, 2.05) is 6.07 Å². The lowest BCUT2D eigenvalue weighted by Crippen LogP contribution is -2.11. The summed E-state index contributed by atoms with van der Waals surface area (Å²) in [5.41, 5.74) is 0.815. The number of anilines is 1. The third-order valence-electron chi connectivity index (χ3n) is 1.52. The molecule has 0 aliphatic rings. The SMILES string of the molecule is COc1ccc(NC(C)C#N)cn1. The van der Waals surface area contributed by atoms with E-state index in [-0.39, 0.29) is 6.04 Å². The van der Waals surface area contributed by atoms with Crippen LogP contribution in [0.2, 0.25) is 0 Å². The minimum Gasteiger partial charge on any atom is -0.481 e. The first-order chi connectivity index (χ1) is 6.26. The van der Waals surface area contributed by atoms with Crippen molar-refractivity contribution < 1.29 is 4.74 Å². The molecule has 1 N–H and O–H groups in total. The summed E-state index contributed by atoms with van der Waals surface area (Å²) in [6.07, 6.45) is 1.63. The van der Waals surface area contributed by atoms with Gasteiger partial charge in [-0.25, -0.2) is 4.98 Å². The van der Waals surface area contributed by atoms with Crippen molar-refractivity contribution in [2.45, 2.75) is 13.0 Å². The number of hydrogen-bond donors (Lipinski definition) is 1. The molecule has 1 aromatic heterocycles. The number of nitriles is 1. The fourth-order valence-electron chi connectivity index (χ4n) is 0.869. The summed E-state index contributed by atoms with van der Waals surface area (Å²) in [5, 5.41) is 11.5. The zero-order chi connectivity index (χ0) is 9.68. The molecule has 0 fully saturated rings. The lowest BCUT2D eigenvalue weighted by molar-refractivity contribution is 0.398. The molecule has 1 heterocycles. The Morgan fingerprint density at radius 2 is 2.38 bits per heavy atom. The van der Waals surface area contributed by atoms with E-state index in [0.717, 1.165) is 5.69 Å². The van der Waals surface area contributed by atoms with Gasteiger partial charge < -0.3 is 10.1 Å². The average molecular weight is 177 g/mol. The Kier molecular flexibility index (Phi) is 3.09. The van der Waals surface area contributed by atoms with E-state index >= 15 is 0 Å². The molecule has 0 saturated heterocycles. The molecule has 1 rings (SSSR count). The predicted molar refractivity (Wildman–Crippen MR) is 49.5 cm³/mol. The number of methoxy groups -OCH3 is 1. The van der Waals surface area contributed by atoms with Gasteiger partial charge in [0.2, 0.25) is 5.88 Å². The number of aromatic nitrogens is 1. The third kappa shape index (κ3) is 2.64. The molecule has 0 bridgehead atoms. The van der Waals surface area contributed by atoms with Crippen LogP contribution in [0.4, 0.5) is 5.69 Å². The van der Waals surface area contributed by atoms with E-state index in [1.54, 1.807) is 26.3 Å². The molecule has 0 saturated carbocycles. The van der Waals surface area contributed by atoms with Gasteiger partial charge >= 0.3 is 0 Å². The lowest BCUT2D eigenvalue weighted by atomic mass is 10.3. The summed E-state index contributed by atoms with van der Waals surface area (Å²) in [6, 6.07) is 5.42. The third-order valence-corrected chi connectivity index (χ3v) is 1.52. The number of nitrogens with one attached hydrogen (secondary N) is 1. The Hall–Kier alpha value is -1.76. The molecule has 0 aromatic carbocycles. The average Bonchev–Trinajstić information content (AvgIpc) is 2.19. The lowest BCUT2D eigenvalue weighted by Gasteiger charge is -2.07. The molecular formula is C9H11N3O. The molecule has 1 unspecified atom stereocenters. The van der Waals surface area contributed by atoms with E-state index in [9.17, 15) is 0 Å². The maximum absolute atomic E-state index is 8.54. The van der Waals surface area contributed by atoms with E-state index in [4.69, 9.17) is 10.00 Å². The van der Waals surface area contributed by atoms with Gasteiger partial charge in [-0.2, -0.15) is 5.26 Å². The molecule has 4 heteroatoms. The maximum atomic E-state index is 8.54. The highest BCUT2D eigenvalue weighted by Crippen LogP contribution is 2.11. The molecular weight excluding hydrogens is 166 g/mol. The predicted octanol–water partition coefficient (Wildman–Crippen LogP) is 1.41. The number of hydrogen-bond acceptors (Lipinski definition) is 4. The van der Waals surface area contributed by atoms with Crippen LogP contribution < -0.4 is 10.1 Å². The van der Waals surface area contributed by atoms with Crippen LogP contribution in [0.3, 0.4) is 0 Å². The van der Waals surface area contributed by atoms with Crippen molar-refractivity contribution in [2.24, 2.45) is 0 Å². The van der Waals surface area contributed by atoms with Gasteiger partial charge in [-0.1, -0.05) is 0 Å². The van der Waals surface area contributed by atoms with Gasteiger partial charge in [-0.15, -0.1) is 0 Å². The fourth-order valence-corrected chi connectivity index (χ4v) is 0.869. The van der Waals surface area contributed by atoms with Crippen molar-refractivity contribution in [2.75, 3.05) is 12.4 Å². The largest absolute Gasteiger partial charge is 0.481 e. The normalized spacial score (nSPS) is 11.5. The van der Waals surface area contributed by atoms with Gasteiger partial charge in [0.25, 0.3) is 0 Å². The molecule has 0 radical (unpaired) electrons. The van der Waals surface area contributed by atoms with Crippen molar-refractivity contribution in [1.82, 2.24) is 4.98 Å². The van der Waals surface area contributed by atoms with Crippen LogP contribution in [-0.2, 0) is 0 Å². The van der Waals surface area contributed by atoms with Crippen LogP contribution in [0.5, 0.6) is 5.88 Å². The highest BCUT2D eigenvalue weighted by molar-refractivity contribution is 5.43. The van der Waals surface area contributed by atoms with Crippen molar-refractivity contribution in [3.05, 3.63) is 18.3 Å². The van der Waals surface area contributed by atoms with Gasteiger partial charge in [0.15, 0.2) is 0 Å². The van der Waals surface area contributed by atoms with E-state index in [1.165, 1.54) is 0 Å². The molecule has 1 atom stereocenters. The summed E-state index contributed by atoms with van der Waals surface area (Å²) in [7, 11) is 1.56. The number of ether oxygens (including phenoxy) is 1.